The first-order chi connectivity index (χ1) is 10.2. The van der Waals surface area contributed by atoms with Crippen molar-refractivity contribution in [3.8, 4) is 0 Å². The summed E-state index contributed by atoms with van der Waals surface area (Å²) in [7, 11) is 0. The minimum absolute atomic E-state index is 0.119. The van der Waals surface area contributed by atoms with Gasteiger partial charge in [-0.1, -0.05) is 0 Å². The van der Waals surface area contributed by atoms with E-state index in [0.717, 1.165) is 6.07 Å². The number of halogens is 5. The topological polar surface area (TPSA) is 53.2 Å². The molecule has 4 nitrogen and oxygen atoms in total. The molecule has 2 atom stereocenters. The Balaban J connectivity index is 1.92. The molecule has 1 heterocycles. The number of carbonyl (C=O) groups is 1. The number of amides is 2. The zero-order chi connectivity index (χ0) is 16.3. The van der Waals surface area contributed by atoms with E-state index in [0.29, 0.717) is 12.1 Å². The number of benzene rings is 1. The Kier molecular flexibility index (Phi) is 4.84. The molecule has 1 aliphatic rings. The van der Waals surface area contributed by atoms with Crippen LogP contribution in [0.2, 0.25) is 0 Å². The molecule has 9 heteroatoms. The van der Waals surface area contributed by atoms with Gasteiger partial charge in [0.15, 0.2) is 0 Å². The molecule has 0 aliphatic carbocycles. The Morgan fingerprint density at radius 1 is 1.32 bits per heavy atom. The molecule has 1 aromatic carbocycles. The minimum atomic E-state index is -4.71. The average molecular weight is 323 g/mol. The molecular weight excluding hydrogens is 309 g/mol. The van der Waals surface area contributed by atoms with E-state index in [1.807, 2.05) is 0 Å². The van der Waals surface area contributed by atoms with E-state index in [2.05, 4.69) is 16.0 Å². The molecular formula is C13H14F5N3O. The third-order valence-corrected chi connectivity index (χ3v) is 3.16. The van der Waals surface area contributed by atoms with Crippen LogP contribution in [0.4, 0.5) is 32.4 Å². The number of nitrogens with one attached hydrogen (secondary N) is 3. The Morgan fingerprint density at radius 3 is 2.64 bits per heavy atom. The van der Waals surface area contributed by atoms with Gasteiger partial charge in [0.2, 0.25) is 0 Å². The van der Waals surface area contributed by atoms with E-state index >= 15 is 0 Å². The van der Waals surface area contributed by atoms with Gasteiger partial charge in [0.1, 0.15) is 12.0 Å². The fourth-order valence-electron chi connectivity index (χ4n) is 2.14. The van der Waals surface area contributed by atoms with E-state index in [4.69, 9.17) is 0 Å². The lowest BCUT2D eigenvalue weighted by Crippen LogP contribution is -2.39. The first-order valence-electron chi connectivity index (χ1n) is 6.54. The van der Waals surface area contributed by atoms with Crippen LogP contribution in [-0.2, 0) is 6.18 Å². The summed E-state index contributed by atoms with van der Waals surface area (Å²) in [4.78, 5) is 11.6. The third-order valence-electron chi connectivity index (χ3n) is 3.16. The zero-order valence-corrected chi connectivity index (χ0v) is 11.3. The molecule has 0 spiro atoms. The molecule has 0 bridgehead atoms. The van der Waals surface area contributed by atoms with Crippen LogP contribution in [0.1, 0.15) is 12.0 Å². The second kappa shape index (κ2) is 6.47. The predicted octanol–water partition coefficient (Wildman–Crippen LogP) is 2.67. The van der Waals surface area contributed by atoms with Gasteiger partial charge in [0.05, 0.1) is 5.56 Å². The Labute approximate surface area is 123 Å². The van der Waals surface area contributed by atoms with Gasteiger partial charge in [-0.05, 0) is 24.6 Å². The first kappa shape index (κ1) is 16.5. The summed E-state index contributed by atoms with van der Waals surface area (Å²) in [6.07, 6.45) is -5.44. The normalized spacial score (nSPS) is 21.7. The van der Waals surface area contributed by atoms with Gasteiger partial charge >= 0.3 is 12.2 Å². The van der Waals surface area contributed by atoms with E-state index < -0.39 is 29.8 Å². The quantitative estimate of drug-likeness (QED) is 0.749. The lowest BCUT2D eigenvalue weighted by atomic mass is 10.2. The summed E-state index contributed by atoms with van der Waals surface area (Å²) in [5, 5.41) is 7.34. The molecule has 1 fully saturated rings. The highest BCUT2D eigenvalue weighted by molar-refractivity contribution is 5.89. The molecule has 2 amide bonds. The summed E-state index contributed by atoms with van der Waals surface area (Å²) >= 11 is 0. The molecule has 0 radical (unpaired) electrons. The van der Waals surface area contributed by atoms with Crippen LogP contribution >= 0.6 is 0 Å². The van der Waals surface area contributed by atoms with Crippen molar-refractivity contribution in [3.05, 3.63) is 29.6 Å². The summed E-state index contributed by atoms with van der Waals surface area (Å²) in [5.74, 6) is -1.11. The Hall–Kier alpha value is -1.90. The molecule has 0 saturated carbocycles. The fourth-order valence-corrected chi connectivity index (χ4v) is 2.14. The van der Waals surface area contributed by atoms with Crippen LogP contribution < -0.4 is 16.0 Å². The van der Waals surface area contributed by atoms with Crippen LogP contribution in [0.5, 0.6) is 0 Å². The van der Waals surface area contributed by atoms with Gasteiger partial charge in [0.25, 0.3) is 0 Å². The highest BCUT2D eigenvalue weighted by atomic mass is 19.4. The van der Waals surface area contributed by atoms with Crippen molar-refractivity contribution in [1.29, 1.82) is 0 Å². The maximum atomic E-state index is 13.2. The molecule has 22 heavy (non-hydrogen) atoms. The van der Waals surface area contributed by atoms with E-state index in [-0.39, 0.29) is 31.2 Å². The summed E-state index contributed by atoms with van der Waals surface area (Å²) in [6.45, 7) is 0.320. The van der Waals surface area contributed by atoms with Crippen LogP contribution in [0.3, 0.4) is 0 Å². The number of anilines is 1. The second-order valence-corrected chi connectivity index (χ2v) is 5.00. The standard InChI is InChI=1S/C13H14F5N3O/c14-8-1-7(13(16,17)18)2-10(3-8)21-12(22)20-6-11-4-9(15)5-19-11/h1-3,9,11,19H,4-6H2,(H2,20,21,22). The highest BCUT2D eigenvalue weighted by Gasteiger charge is 2.31. The molecule has 1 saturated heterocycles. The van der Waals surface area contributed by atoms with Crippen molar-refractivity contribution >= 4 is 11.7 Å². The smallest absolute Gasteiger partial charge is 0.336 e. The lowest BCUT2D eigenvalue weighted by molar-refractivity contribution is -0.137. The van der Waals surface area contributed by atoms with Crippen molar-refractivity contribution in [2.45, 2.75) is 24.8 Å². The second-order valence-electron chi connectivity index (χ2n) is 5.00. The van der Waals surface area contributed by atoms with Crippen molar-refractivity contribution in [2.75, 3.05) is 18.4 Å². The van der Waals surface area contributed by atoms with Crippen LogP contribution in [0.25, 0.3) is 0 Å². The van der Waals surface area contributed by atoms with Crippen molar-refractivity contribution < 1.29 is 26.7 Å². The van der Waals surface area contributed by atoms with Gasteiger partial charge in [0, 0.05) is 24.8 Å². The van der Waals surface area contributed by atoms with Gasteiger partial charge < -0.3 is 16.0 Å². The van der Waals surface area contributed by atoms with Gasteiger partial charge in [-0.2, -0.15) is 13.2 Å². The number of alkyl halides is 4. The maximum Gasteiger partial charge on any atom is 0.416 e. The SMILES string of the molecule is O=C(NCC1CC(F)CN1)Nc1cc(F)cc(C(F)(F)F)c1. The molecule has 0 aromatic heterocycles. The largest absolute Gasteiger partial charge is 0.416 e. The summed E-state index contributed by atoms with van der Waals surface area (Å²) < 4.78 is 63.7. The average Bonchev–Trinajstić information content (AvgIpc) is 2.80. The Bertz CT molecular complexity index is 549. The number of rotatable bonds is 3. The third kappa shape index (κ3) is 4.55. The number of carbonyl (C=O) groups excluding carboxylic acids is 1. The van der Waals surface area contributed by atoms with Crippen molar-refractivity contribution in [1.82, 2.24) is 10.6 Å². The van der Waals surface area contributed by atoms with E-state index in [1.54, 1.807) is 0 Å². The fraction of sp³-hybridized carbons (Fsp3) is 0.462. The predicted molar refractivity (Wildman–Crippen MR) is 69.7 cm³/mol. The van der Waals surface area contributed by atoms with Crippen LogP contribution in [0.15, 0.2) is 18.2 Å². The summed E-state index contributed by atoms with van der Waals surface area (Å²) in [5.41, 5.74) is -1.51. The molecule has 1 aromatic rings. The molecule has 122 valence electrons. The number of urea groups is 1. The molecule has 1 aliphatic heterocycles. The van der Waals surface area contributed by atoms with Gasteiger partial charge in [-0.3, -0.25) is 0 Å². The number of hydrogen-bond donors (Lipinski definition) is 3. The summed E-state index contributed by atoms with van der Waals surface area (Å²) in [6, 6.07) is 0.725. The highest BCUT2D eigenvalue weighted by Crippen LogP contribution is 2.31. The lowest BCUT2D eigenvalue weighted by Gasteiger charge is -2.13. The van der Waals surface area contributed by atoms with Crippen molar-refractivity contribution in [2.24, 2.45) is 0 Å². The van der Waals surface area contributed by atoms with Gasteiger partial charge in [-0.15, -0.1) is 0 Å². The van der Waals surface area contributed by atoms with Gasteiger partial charge in [-0.25, -0.2) is 13.6 Å². The van der Waals surface area contributed by atoms with Crippen molar-refractivity contribution in [3.63, 3.8) is 0 Å². The minimum Gasteiger partial charge on any atom is -0.336 e. The zero-order valence-electron chi connectivity index (χ0n) is 11.3. The first-order valence-corrected chi connectivity index (χ1v) is 6.54. The Morgan fingerprint density at radius 2 is 2.05 bits per heavy atom. The molecule has 3 N–H and O–H groups in total. The van der Waals surface area contributed by atoms with E-state index in [1.165, 1.54) is 0 Å². The number of hydrogen-bond acceptors (Lipinski definition) is 2. The van der Waals surface area contributed by atoms with Crippen LogP contribution in [0, 0.1) is 5.82 Å². The maximum absolute atomic E-state index is 13.2. The monoisotopic (exact) mass is 323 g/mol. The molecule has 2 unspecified atom stereocenters. The molecule has 2 rings (SSSR count). The van der Waals surface area contributed by atoms with E-state index in [9.17, 15) is 26.7 Å². The van der Waals surface area contributed by atoms with Crippen LogP contribution in [-0.4, -0.2) is 31.3 Å².